The van der Waals surface area contributed by atoms with Crippen molar-refractivity contribution in [3.63, 3.8) is 0 Å². The van der Waals surface area contributed by atoms with Crippen LogP contribution in [0.4, 0.5) is 0 Å². The highest BCUT2D eigenvalue weighted by molar-refractivity contribution is 5.60. The second-order valence-electron chi connectivity index (χ2n) is 5.81. The van der Waals surface area contributed by atoms with E-state index in [1.54, 1.807) is 0 Å². The minimum absolute atomic E-state index is 0.641. The summed E-state index contributed by atoms with van der Waals surface area (Å²) in [6, 6.07) is 6.40. The van der Waals surface area contributed by atoms with Gasteiger partial charge in [-0.1, -0.05) is 36.9 Å². The molecule has 0 aliphatic carbocycles. The molecule has 0 N–H and O–H groups in total. The largest absolute Gasteiger partial charge is 0.457 e. The number of hydrogen-bond acceptors (Lipinski definition) is 2. The van der Waals surface area contributed by atoms with Gasteiger partial charge in [0.1, 0.15) is 11.5 Å². The van der Waals surface area contributed by atoms with E-state index in [1.807, 2.05) is 32.1 Å². The average molecular weight is 297 g/mol. The van der Waals surface area contributed by atoms with Gasteiger partial charge >= 0.3 is 0 Å². The Morgan fingerprint density at radius 1 is 1.23 bits per heavy atom. The van der Waals surface area contributed by atoms with Gasteiger partial charge < -0.3 is 9.64 Å². The molecule has 0 spiro atoms. The molecule has 0 fully saturated rings. The fraction of sp³-hybridized carbons (Fsp3) is 0.300. The van der Waals surface area contributed by atoms with Gasteiger partial charge in [-0.15, -0.1) is 0 Å². The third kappa shape index (κ3) is 5.74. The fourth-order valence-electron chi connectivity index (χ4n) is 2.12. The molecule has 0 amide bonds. The molecular weight excluding hydrogens is 270 g/mol. The predicted molar refractivity (Wildman–Crippen MR) is 96.4 cm³/mol. The van der Waals surface area contributed by atoms with Crippen LogP contribution in [0.1, 0.15) is 30.5 Å². The molecule has 1 aromatic rings. The Balaban J connectivity index is 3.02. The molecule has 0 aliphatic heterocycles. The van der Waals surface area contributed by atoms with Crippen LogP contribution in [0.25, 0.3) is 5.76 Å². The van der Waals surface area contributed by atoms with Gasteiger partial charge in [-0.2, -0.15) is 0 Å². The first-order chi connectivity index (χ1) is 10.3. The molecule has 118 valence electrons. The number of benzene rings is 1. The first-order valence-electron chi connectivity index (χ1n) is 7.44. The lowest BCUT2D eigenvalue weighted by atomic mass is 10.1. The van der Waals surface area contributed by atoms with Crippen molar-refractivity contribution in [3.8, 4) is 0 Å². The van der Waals surface area contributed by atoms with Crippen LogP contribution in [0.2, 0.25) is 0 Å². The third-order valence-corrected chi connectivity index (χ3v) is 3.05. The standard InChI is InChI=1S/C20H27NO/c1-8-9-10-20(15(2)3)22-17(5)19-12-16(4)11-18(13-19)14-21(6)7/h8-13H,2,5,14H2,1,3-4,6-7H3/b9-8-,20-10+. The number of aryl methyl sites for hydroxylation is 1. The van der Waals surface area contributed by atoms with Crippen molar-refractivity contribution in [2.24, 2.45) is 0 Å². The minimum atomic E-state index is 0.641. The van der Waals surface area contributed by atoms with E-state index < -0.39 is 0 Å². The number of ether oxygens (including phenoxy) is 1. The van der Waals surface area contributed by atoms with E-state index in [0.717, 1.165) is 23.4 Å². The Labute approximate surface area is 135 Å². The Bertz CT molecular complexity index is 606. The van der Waals surface area contributed by atoms with Gasteiger partial charge in [-0.25, -0.2) is 0 Å². The molecule has 2 heteroatoms. The maximum Gasteiger partial charge on any atom is 0.129 e. The average Bonchev–Trinajstić information content (AvgIpc) is 2.41. The summed E-state index contributed by atoms with van der Waals surface area (Å²) in [6.45, 7) is 14.9. The zero-order chi connectivity index (χ0) is 16.7. The first-order valence-corrected chi connectivity index (χ1v) is 7.44. The summed E-state index contributed by atoms with van der Waals surface area (Å²) in [5.74, 6) is 1.38. The van der Waals surface area contributed by atoms with E-state index in [0.29, 0.717) is 5.76 Å². The Morgan fingerprint density at radius 2 is 1.91 bits per heavy atom. The summed E-state index contributed by atoms with van der Waals surface area (Å²) in [6.07, 6.45) is 5.80. The van der Waals surface area contributed by atoms with Crippen LogP contribution in [0.5, 0.6) is 0 Å². The van der Waals surface area contributed by atoms with Crippen LogP contribution >= 0.6 is 0 Å². The molecule has 0 bridgehead atoms. The molecule has 1 aromatic carbocycles. The van der Waals surface area contributed by atoms with Crippen molar-refractivity contribution < 1.29 is 4.74 Å². The van der Waals surface area contributed by atoms with Crippen LogP contribution in [-0.4, -0.2) is 19.0 Å². The maximum atomic E-state index is 5.92. The Hall–Kier alpha value is -2.06. The van der Waals surface area contributed by atoms with Gasteiger partial charge in [0.25, 0.3) is 0 Å². The van der Waals surface area contributed by atoms with Crippen molar-refractivity contribution in [2.45, 2.75) is 27.3 Å². The fourth-order valence-corrected chi connectivity index (χ4v) is 2.12. The highest BCUT2D eigenvalue weighted by Crippen LogP contribution is 2.23. The number of rotatable bonds is 7. The van der Waals surface area contributed by atoms with Crippen LogP contribution < -0.4 is 0 Å². The lowest BCUT2D eigenvalue weighted by Gasteiger charge is -2.15. The van der Waals surface area contributed by atoms with Crippen molar-refractivity contribution in [1.82, 2.24) is 4.90 Å². The van der Waals surface area contributed by atoms with E-state index in [-0.39, 0.29) is 0 Å². The summed E-state index contributed by atoms with van der Waals surface area (Å²) in [7, 11) is 4.12. The molecule has 0 heterocycles. The summed E-state index contributed by atoms with van der Waals surface area (Å²) < 4.78 is 5.92. The molecule has 0 saturated carbocycles. The van der Waals surface area contributed by atoms with E-state index in [2.05, 4.69) is 57.3 Å². The molecule has 0 atom stereocenters. The molecular formula is C20H27NO. The van der Waals surface area contributed by atoms with Gasteiger partial charge in [0.15, 0.2) is 0 Å². The van der Waals surface area contributed by atoms with Gasteiger partial charge in [0, 0.05) is 12.1 Å². The van der Waals surface area contributed by atoms with Gasteiger partial charge in [0.05, 0.1) is 0 Å². The van der Waals surface area contributed by atoms with E-state index >= 15 is 0 Å². The third-order valence-electron chi connectivity index (χ3n) is 3.05. The first kappa shape index (κ1) is 18.0. The lowest BCUT2D eigenvalue weighted by Crippen LogP contribution is -2.11. The summed E-state index contributed by atoms with van der Waals surface area (Å²) >= 11 is 0. The Morgan fingerprint density at radius 3 is 2.45 bits per heavy atom. The maximum absolute atomic E-state index is 5.92. The van der Waals surface area contributed by atoms with E-state index in [1.165, 1.54) is 11.1 Å². The Kier molecular flexibility index (Phi) is 6.87. The molecule has 0 saturated heterocycles. The minimum Gasteiger partial charge on any atom is -0.457 e. The molecule has 0 radical (unpaired) electrons. The van der Waals surface area contributed by atoms with Crippen LogP contribution in [0.3, 0.4) is 0 Å². The second kappa shape index (κ2) is 8.40. The molecule has 2 nitrogen and oxygen atoms in total. The van der Waals surface area contributed by atoms with E-state index in [9.17, 15) is 0 Å². The number of hydrogen-bond donors (Lipinski definition) is 0. The van der Waals surface area contributed by atoms with Crippen LogP contribution in [0.15, 0.2) is 60.9 Å². The van der Waals surface area contributed by atoms with Crippen molar-refractivity contribution in [3.05, 3.63) is 77.6 Å². The van der Waals surface area contributed by atoms with Gasteiger partial charge in [-0.05, 0) is 64.2 Å². The smallest absolute Gasteiger partial charge is 0.129 e. The zero-order valence-corrected chi connectivity index (χ0v) is 14.4. The monoisotopic (exact) mass is 297 g/mol. The van der Waals surface area contributed by atoms with Crippen molar-refractivity contribution in [2.75, 3.05) is 14.1 Å². The molecule has 22 heavy (non-hydrogen) atoms. The SMILES string of the molecule is C=C(C)/C(=C\C=C/C)OC(=C)c1cc(C)cc(CN(C)C)c1. The topological polar surface area (TPSA) is 12.5 Å². The molecule has 0 unspecified atom stereocenters. The summed E-state index contributed by atoms with van der Waals surface area (Å²) in [5.41, 5.74) is 4.33. The summed E-state index contributed by atoms with van der Waals surface area (Å²) in [5, 5.41) is 0. The lowest BCUT2D eigenvalue weighted by molar-refractivity contribution is 0.393. The van der Waals surface area contributed by atoms with Crippen LogP contribution in [-0.2, 0) is 11.3 Å². The van der Waals surface area contributed by atoms with Crippen molar-refractivity contribution >= 4 is 5.76 Å². The molecule has 0 aromatic heterocycles. The summed E-state index contributed by atoms with van der Waals surface area (Å²) in [4.78, 5) is 2.15. The van der Waals surface area contributed by atoms with Gasteiger partial charge in [-0.3, -0.25) is 0 Å². The van der Waals surface area contributed by atoms with Gasteiger partial charge in [0.2, 0.25) is 0 Å². The zero-order valence-electron chi connectivity index (χ0n) is 14.4. The number of allylic oxidation sites excluding steroid dienone is 4. The van der Waals surface area contributed by atoms with Crippen LogP contribution in [0, 0.1) is 6.92 Å². The van der Waals surface area contributed by atoms with Crippen molar-refractivity contribution in [1.29, 1.82) is 0 Å². The van der Waals surface area contributed by atoms with E-state index in [4.69, 9.17) is 4.74 Å². The molecule has 1 rings (SSSR count). The predicted octanol–water partition coefficient (Wildman–Crippen LogP) is 5.08. The second-order valence-corrected chi connectivity index (χ2v) is 5.81. The highest BCUT2D eigenvalue weighted by Gasteiger charge is 2.07. The quantitative estimate of drug-likeness (QED) is 0.514. The number of nitrogens with zero attached hydrogens (tertiary/aromatic N) is 1. The normalized spacial score (nSPS) is 12.0. The molecule has 0 aliphatic rings. The highest BCUT2D eigenvalue weighted by atomic mass is 16.5.